The summed E-state index contributed by atoms with van der Waals surface area (Å²) in [6, 6.07) is 2.67. The highest BCUT2D eigenvalue weighted by Gasteiger charge is 2.10. The van der Waals surface area contributed by atoms with E-state index < -0.39 is 0 Å². The summed E-state index contributed by atoms with van der Waals surface area (Å²) >= 11 is 0. The first-order chi connectivity index (χ1) is 6.06. The van der Waals surface area contributed by atoms with Gasteiger partial charge in [0.05, 0.1) is 0 Å². The van der Waals surface area contributed by atoms with Crippen molar-refractivity contribution >= 4 is 5.91 Å². The molecular weight excluding hydrogens is 169 g/mol. The number of halogens is 1. The monoisotopic (exact) mass is 181 g/mol. The van der Waals surface area contributed by atoms with Crippen molar-refractivity contribution in [3.05, 3.63) is 34.6 Å². The molecule has 0 saturated carbocycles. The molecule has 1 amide bonds. The van der Waals surface area contributed by atoms with Gasteiger partial charge in [0.25, 0.3) is 5.91 Å². The summed E-state index contributed by atoms with van der Waals surface area (Å²) in [6.07, 6.45) is 0. The van der Waals surface area contributed by atoms with Gasteiger partial charge in [0.2, 0.25) is 0 Å². The van der Waals surface area contributed by atoms with Gasteiger partial charge < -0.3 is 5.32 Å². The zero-order valence-electron chi connectivity index (χ0n) is 7.94. The Hall–Kier alpha value is -1.38. The molecule has 0 aliphatic heterocycles. The molecule has 1 N–H and O–H groups in total. The fourth-order valence-electron chi connectivity index (χ4n) is 1.19. The molecule has 1 aromatic rings. The number of amides is 1. The predicted molar refractivity (Wildman–Crippen MR) is 49.3 cm³/mol. The SMILES string of the molecule is CNC(=O)c1cc(F)cc(C)c1C. The van der Waals surface area contributed by atoms with Crippen LogP contribution in [0.5, 0.6) is 0 Å². The summed E-state index contributed by atoms with van der Waals surface area (Å²) in [7, 11) is 1.53. The van der Waals surface area contributed by atoms with Crippen molar-refractivity contribution in [2.24, 2.45) is 0 Å². The number of hydrogen-bond acceptors (Lipinski definition) is 1. The molecule has 2 nitrogen and oxygen atoms in total. The maximum Gasteiger partial charge on any atom is 0.251 e. The Morgan fingerprint density at radius 2 is 2.00 bits per heavy atom. The fraction of sp³-hybridized carbons (Fsp3) is 0.300. The quantitative estimate of drug-likeness (QED) is 0.703. The minimum Gasteiger partial charge on any atom is -0.355 e. The van der Waals surface area contributed by atoms with Crippen molar-refractivity contribution < 1.29 is 9.18 Å². The van der Waals surface area contributed by atoms with Crippen LogP contribution < -0.4 is 5.32 Å². The molecule has 0 spiro atoms. The van der Waals surface area contributed by atoms with Crippen LogP contribution in [0, 0.1) is 19.7 Å². The van der Waals surface area contributed by atoms with Gasteiger partial charge in [0.1, 0.15) is 5.82 Å². The van der Waals surface area contributed by atoms with Crippen LogP contribution in [0.25, 0.3) is 0 Å². The Morgan fingerprint density at radius 1 is 1.38 bits per heavy atom. The lowest BCUT2D eigenvalue weighted by Crippen LogP contribution is -2.19. The van der Waals surface area contributed by atoms with E-state index in [0.29, 0.717) is 5.56 Å². The minimum absolute atomic E-state index is 0.250. The maximum atomic E-state index is 12.9. The van der Waals surface area contributed by atoms with Gasteiger partial charge in [-0.05, 0) is 37.1 Å². The highest BCUT2D eigenvalue weighted by Crippen LogP contribution is 2.15. The number of benzene rings is 1. The summed E-state index contributed by atoms with van der Waals surface area (Å²) in [5.74, 6) is -0.623. The van der Waals surface area contributed by atoms with Crippen molar-refractivity contribution in [1.29, 1.82) is 0 Å². The third-order valence-electron chi connectivity index (χ3n) is 2.10. The van der Waals surface area contributed by atoms with Crippen molar-refractivity contribution in [1.82, 2.24) is 5.32 Å². The van der Waals surface area contributed by atoms with Crippen LogP contribution in [0.15, 0.2) is 12.1 Å². The van der Waals surface area contributed by atoms with E-state index in [1.54, 1.807) is 13.8 Å². The molecule has 0 unspecified atom stereocenters. The van der Waals surface area contributed by atoms with E-state index in [0.717, 1.165) is 11.1 Å². The molecule has 1 rings (SSSR count). The van der Waals surface area contributed by atoms with Crippen molar-refractivity contribution in [2.75, 3.05) is 7.05 Å². The van der Waals surface area contributed by atoms with Crippen molar-refractivity contribution in [3.63, 3.8) is 0 Å². The summed E-state index contributed by atoms with van der Waals surface area (Å²) in [6.45, 7) is 3.59. The summed E-state index contributed by atoms with van der Waals surface area (Å²) in [5, 5.41) is 2.47. The molecular formula is C10H12FNO. The highest BCUT2D eigenvalue weighted by molar-refractivity contribution is 5.95. The molecule has 3 heteroatoms. The van der Waals surface area contributed by atoms with E-state index in [4.69, 9.17) is 0 Å². The fourth-order valence-corrected chi connectivity index (χ4v) is 1.19. The van der Waals surface area contributed by atoms with E-state index >= 15 is 0 Å². The summed E-state index contributed by atoms with van der Waals surface area (Å²) in [5.41, 5.74) is 2.01. The molecule has 0 aliphatic carbocycles. The molecule has 0 aromatic heterocycles. The van der Waals surface area contributed by atoms with Crippen LogP contribution in [0.2, 0.25) is 0 Å². The van der Waals surface area contributed by atoms with E-state index in [-0.39, 0.29) is 11.7 Å². The zero-order valence-corrected chi connectivity index (χ0v) is 7.94. The Bertz CT molecular complexity index is 347. The Morgan fingerprint density at radius 3 is 2.54 bits per heavy atom. The number of carbonyl (C=O) groups is 1. The van der Waals surface area contributed by atoms with Crippen LogP contribution in [-0.4, -0.2) is 13.0 Å². The first-order valence-electron chi connectivity index (χ1n) is 4.05. The van der Waals surface area contributed by atoms with E-state index in [2.05, 4.69) is 5.32 Å². The number of rotatable bonds is 1. The van der Waals surface area contributed by atoms with Gasteiger partial charge in [-0.25, -0.2) is 4.39 Å². The van der Waals surface area contributed by atoms with Gasteiger partial charge >= 0.3 is 0 Å². The molecule has 0 heterocycles. The minimum atomic E-state index is -0.373. The van der Waals surface area contributed by atoms with Gasteiger partial charge in [-0.15, -0.1) is 0 Å². The van der Waals surface area contributed by atoms with Gasteiger partial charge in [0, 0.05) is 12.6 Å². The Balaban J connectivity index is 3.28. The average molecular weight is 181 g/mol. The molecule has 0 saturated heterocycles. The van der Waals surface area contributed by atoms with Gasteiger partial charge in [0.15, 0.2) is 0 Å². The topological polar surface area (TPSA) is 29.1 Å². The van der Waals surface area contributed by atoms with Crippen LogP contribution in [0.4, 0.5) is 4.39 Å². The van der Waals surface area contributed by atoms with E-state index in [1.165, 1.54) is 19.2 Å². The number of aryl methyl sites for hydroxylation is 1. The molecule has 13 heavy (non-hydrogen) atoms. The van der Waals surface area contributed by atoms with Crippen LogP contribution in [0.3, 0.4) is 0 Å². The molecule has 0 atom stereocenters. The van der Waals surface area contributed by atoms with Crippen LogP contribution >= 0.6 is 0 Å². The molecule has 0 bridgehead atoms. The highest BCUT2D eigenvalue weighted by atomic mass is 19.1. The van der Waals surface area contributed by atoms with E-state index in [1.807, 2.05) is 0 Å². The molecule has 0 fully saturated rings. The molecule has 0 aliphatic rings. The number of carbonyl (C=O) groups excluding carboxylic acids is 1. The van der Waals surface area contributed by atoms with Gasteiger partial charge in [-0.1, -0.05) is 0 Å². The first kappa shape index (κ1) is 9.71. The average Bonchev–Trinajstić information content (AvgIpc) is 2.10. The van der Waals surface area contributed by atoms with Crippen LogP contribution in [0.1, 0.15) is 21.5 Å². The molecule has 70 valence electrons. The zero-order chi connectivity index (χ0) is 10.0. The summed E-state index contributed by atoms with van der Waals surface area (Å²) < 4.78 is 12.9. The molecule has 1 aromatic carbocycles. The second kappa shape index (κ2) is 3.56. The Labute approximate surface area is 76.8 Å². The normalized spacial score (nSPS) is 9.85. The predicted octanol–water partition coefficient (Wildman–Crippen LogP) is 1.80. The second-order valence-corrected chi connectivity index (χ2v) is 2.97. The second-order valence-electron chi connectivity index (χ2n) is 2.97. The van der Waals surface area contributed by atoms with Gasteiger partial charge in [-0.3, -0.25) is 4.79 Å². The van der Waals surface area contributed by atoms with E-state index in [9.17, 15) is 9.18 Å². The van der Waals surface area contributed by atoms with Gasteiger partial charge in [-0.2, -0.15) is 0 Å². The lowest BCUT2D eigenvalue weighted by Gasteiger charge is -2.07. The standard InChI is InChI=1S/C10H12FNO/c1-6-4-8(11)5-9(7(6)2)10(13)12-3/h4-5H,1-3H3,(H,12,13). The van der Waals surface area contributed by atoms with Crippen LogP contribution in [-0.2, 0) is 0 Å². The maximum absolute atomic E-state index is 12.9. The lowest BCUT2D eigenvalue weighted by atomic mass is 10.0. The Kier molecular flexibility index (Phi) is 2.66. The first-order valence-corrected chi connectivity index (χ1v) is 4.05. The largest absolute Gasteiger partial charge is 0.355 e. The van der Waals surface area contributed by atoms with Crippen molar-refractivity contribution in [3.8, 4) is 0 Å². The third-order valence-corrected chi connectivity index (χ3v) is 2.10. The molecule has 0 radical (unpaired) electrons. The number of hydrogen-bond donors (Lipinski definition) is 1. The lowest BCUT2D eigenvalue weighted by molar-refractivity contribution is 0.0962. The third kappa shape index (κ3) is 1.86. The smallest absolute Gasteiger partial charge is 0.251 e. The number of nitrogens with one attached hydrogen (secondary N) is 1. The summed E-state index contributed by atoms with van der Waals surface area (Å²) in [4.78, 5) is 11.3. The van der Waals surface area contributed by atoms with Crippen molar-refractivity contribution in [2.45, 2.75) is 13.8 Å².